The van der Waals surface area contributed by atoms with Gasteiger partial charge >= 0.3 is 5.97 Å². The molecule has 0 saturated carbocycles. The van der Waals surface area contributed by atoms with E-state index in [2.05, 4.69) is 0 Å². The third kappa shape index (κ3) is 3.10. The molecule has 0 N–H and O–H groups in total. The lowest BCUT2D eigenvalue weighted by atomic mass is 10.1. The number of amides is 1. The van der Waals surface area contributed by atoms with Gasteiger partial charge in [-0.1, -0.05) is 41.6 Å². The molecule has 0 aromatic heterocycles. The summed E-state index contributed by atoms with van der Waals surface area (Å²) in [5.74, 6) is -0.413. The fourth-order valence-electron chi connectivity index (χ4n) is 2.55. The first kappa shape index (κ1) is 15.6. The highest BCUT2D eigenvalue weighted by atomic mass is 32.2. The van der Waals surface area contributed by atoms with E-state index in [0.717, 1.165) is 16.1 Å². The van der Waals surface area contributed by atoms with Gasteiger partial charge in [-0.15, -0.1) is 0 Å². The van der Waals surface area contributed by atoms with Gasteiger partial charge in [-0.2, -0.15) is 0 Å². The zero-order valence-electron chi connectivity index (χ0n) is 13.0. The molecule has 1 unspecified atom stereocenters. The number of ether oxygens (including phenoxy) is 1. The van der Waals surface area contributed by atoms with Crippen molar-refractivity contribution < 1.29 is 14.3 Å². The number of hydrogen-bond acceptors (Lipinski definition) is 4. The van der Waals surface area contributed by atoms with Gasteiger partial charge in [-0.25, -0.2) is 0 Å². The molecule has 4 nitrogen and oxygen atoms in total. The van der Waals surface area contributed by atoms with Crippen LogP contribution >= 0.6 is 11.8 Å². The van der Waals surface area contributed by atoms with Gasteiger partial charge in [0.2, 0.25) is 0 Å². The molecule has 0 fully saturated rings. The average molecular weight is 327 g/mol. The van der Waals surface area contributed by atoms with Crippen molar-refractivity contribution >= 4 is 29.3 Å². The van der Waals surface area contributed by atoms with E-state index in [0.29, 0.717) is 5.56 Å². The summed E-state index contributed by atoms with van der Waals surface area (Å²) in [5, 5.41) is -0.312. The Kier molecular flexibility index (Phi) is 4.39. The summed E-state index contributed by atoms with van der Waals surface area (Å²) in [6.07, 6.45) is 0.148. The molecule has 1 amide bonds. The van der Waals surface area contributed by atoms with Crippen LogP contribution in [0, 0.1) is 6.92 Å². The highest BCUT2D eigenvalue weighted by Gasteiger charge is 2.35. The van der Waals surface area contributed by atoms with Gasteiger partial charge in [0.25, 0.3) is 5.91 Å². The molecule has 0 spiro atoms. The number of aryl methyl sites for hydroxylation is 1. The van der Waals surface area contributed by atoms with E-state index < -0.39 is 0 Å². The Hall–Kier alpha value is -2.27. The third-order valence-corrected chi connectivity index (χ3v) is 5.03. The lowest BCUT2D eigenvalue weighted by Gasteiger charge is -2.35. The molecule has 1 aliphatic rings. The number of methoxy groups -OCH3 is 1. The topological polar surface area (TPSA) is 46.6 Å². The van der Waals surface area contributed by atoms with Crippen molar-refractivity contribution in [3.05, 3.63) is 59.7 Å². The molecule has 2 aromatic carbocycles. The van der Waals surface area contributed by atoms with Crippen LogP contribution in [0.15, 0.2) is 53.4 Å². The number of carbonyl (C=O) groups is 2. The van der Waals surface area contributed by atoms with Crippen LogP contribution in [0.5, 0.6) is 0 Å². The van der Waals surface area contributed by atoms with Gasteiger partial charge < -0.3 is 4.74 Å². The average Bonchev–Trinajstić information content (AvgIpc) is 2.56. The predicted molar refractivity (Wildman–Crippen MR) is 90.7 cm³/mol. The molecule has 5 heteroatoms. The first-order valence-electron chi connectivity index (χ1n) is 7.33. The Morgan fingerprint density at radius 2 is 1.87 bits per heavy atom. The van der Waals surface area contributed by atoms with E-state index in [1.165, 1.54) is 18.9 Å². The van der Waals surface area contributed by atoms with Crippen molar-refractivity contribution in [2.75, 3.05) is 12.0 Å². The highest BCUT2D eigenvalue weighted by molar-refractivity contribution is 8.00. The first-order valence-corrected chi connectivity index (χ1v) is 8.21. The molecule has 2 aromatic rings. The summed E-state index contributed by atoms with van der Waals surface area (Å²) in [4.78, 5) is 27.3. The van der Waals surface area contributed by atoms with Crippen molar-refractivity contribution in [2.24, 2.45) is 0 Å². The fourth-order valence-corrected chi connectivity index (χ4v) is 3.83. The molecular formula is C18H17NO3S. The van der Waals surface area contributed by atoms with Gasteiger partial charge in [0.1, 0.15) is 0 Å². The Labute approximate surface area is 139 Å². The second-order valence-electron chi connectivity index (χ2n) is 5.36. The Morgan fingerprint density at radius 3 is 2.57 bits per heavy atom. The lowest BCUT2D eigenvalue weighted by molar-refractivity contribution is -0.140. The lowest BCUT2D eigenvalue weighted by Crippen LogP contribution is -2.43. The summed E-state index contributed by atoms with van der Waals surface area (Å²) in [6, 6.07) is 15.2. The van der Waals surface area contributed by atoms with Crippen molar-refractivity contribution in [1.29, 1.82) is 0 Å². The van der Waals surface area contributed by atoms with Crippen LogP contribution < -0.4 is 4.90 Å². The summed E-state index contributed by atoms with van der Waals surface area (Å²) in [6.45, 7) is 2.00. The molecule has 23 heavy (non-hydrogen) atoms. The molecule has 3 rings (SSSR count). The van der Waals surface area contributed by atoms with Crippen LogP contribution in [-0.4, -0.2) is 24.4 Å². The minimum absolute atomic E-state index is 0.0860. The third-order valence-electron chi connectivity index (χ3n) is 3.77. The van der Waals surface area contributed by atoms with Gasteiger partial charge in [-0.3, -0.25) is 14.5 Å². The number of rotatable bonds is 3. The first-order chi connectivity index (χ1) is 11.1. The molecule has 118 valence electrons. The van der Waals surface area contributed by atoms with Gasteiger partial charge in [0.05, 0.1) is 24.5 Å². The maximum atomic E-state index is 12.9. The van der Waals surface area contributed by atoms with Crippen molar-refractivity contribution in [1.82, 2.24) is 0 Å². The summed E-state index contributed by atoms with van der Waals surface area (Å²) in [5.41, 5.74) is 2.58. The Balaban J connectivity index is 2.02. The molecule has 1 aliphatic heterocycles. The molecule has 1 heterocycles. The van der Waals surface area contributed by atoms with Gasteiger partial charge in [0.15, 0.2) is 0 Å². The van der Waals surface area contributed by atoms with E-state index >= 15 is 0 Å². The van der Waals surface area contributed by atoms with E-state index in [1.54, 1.807) is 4.90 Å². The molecule has 0 bridgehead atoms. The summed E-state index contributed by atoms with van der Waals surface area (Å²) >= 11 is 1.52. The quantitative estimate of drug-likeness (QED) is 0.808. The van der Waals surface area contributed by atoms with Crippen LogP contribution in [0.3, 0.4) is 0 Å². The number of benzene rings is 2. The van der Waals surface area contributed by atoms with Gasteiger partial charge in [-0.05, 0) is 31.2 Å². The summed E-state index contributed by atoms with van der Waals surface area (Å²) < 4.78 is 4.79. The highest BCUT2D eigenvalue weighted by Crippen LogP contribution is 2.39. The smallest absolute Gasteiger partial charge is 0.308 e. The number of anilines is 1. The number of carbonyl (C=O) groups excluding carboxylic acids is 2. The van der Waals surface area contributed by atoms with Crippen LogP contribution in [0.4, 0.5) is 5.69 Å². The SMILES string of the molecule is COC(=O)CC1Sc2ccccc2C(=O)N1c1ccc(C)cc1. The van der Waals surface area contributed by atoms with Crippen LogP contribution in [0.2, 0.25) is 0 Å². The number of fused-ring (bicyclic) bond motifs is 1. The predicted octanol–water partition coefficient (Wildman–Crippen LogP) is 3.64. The van der Waals surface area contributed by atoms with E-state index in [4.69, 9.17) is 4.74 Å². The van der Waals surface area contributed by atoms with Crippen LogP contribution in [0.1, 0.15) is 22.3 Å². The van der Waals surface area contributed by atoms with Crippen LogP contribution in [0.25, 0.3) is 0 Å². The Bertz CT molecular complexity index is 742. The summed E-state index contributed by atoms with van der Waals surface area (Å²) in [7, 11) is 1.36. The van der Waals surface area contributed by atoms with E-state index in [-0.39, 0.29) is 23.7 Å². The van der Waals surface area contributed by atoms with Crippen molar-refractivity contribution in [3.8, 4) is 0 Å². The number of esters is 1. The minimum Gasteiger partial charge on any atom is -0.469 e. The Morgan fingerprint density at radius 1 is 1.17 bits per heavy atom. The molecule has 0 radical (unpaired) electrons. The fraction of sp³-hybridized carbons (Fsp3) is 0.222. The zero-order valence-corrected chi connectivity index (χ0v) is 13.8. The van der Waals surface area contributed by atoms with Crippen LogP contribution in [-0.2, 0) is 9.53 Å². The van der Waals surface area contributed by atoms with E-state index in [9.17, 15) is 9.59 Å². The molecule has 0 saturated heterocycles. The second kappa shape index (κ2) is 6.46. The molecule has 1 atom stereocenters. The van der Waals surface area contributed by atoms with Gasteiger partial charge in [0, 0.05) is 10.6 Å². The number of thioether (sulfide) groups is 1. The van der Waals surface area contributed by atoms with Crippen molar-refractivity contribution in [2.45, 2.75) is 23.6 Å². The number of nitrogens with zero attached hydrogens (tertiary/aromatic N) is 1. The monoisotopic (exact) mass is 327 g/mol. The number of hydrogen-bond donors (Lipinski definition) is 0. The normalized spacial score (nSPS) is 16.9. The standard InChI is InChI=1S/C18H17NO3S/c1-12-7-9-13(10-8-12)19-16(11-17(20)22-2)23-15-6-4-3-5-14(15)18(19)21/h3-10,16H,11H2,1-2H3. The minimum atomic E-state index is -0.327. The van der Waals surface area contributed by atoms with E-state index in [1.807, 2.05) is 55.5 Å². The molecular weight excluding hydrogens is 310 g/mol. The van der Waals surface area contributed by atoms with Crippen molar-refractivity contribution in [3.63, 3.8) is 0 Å². The zero-order chi connectivity index (χ0) is 16.4. The maximum absolute atomic E-state index is 12.9. The second-order valence-corrected chi connectivity index (χ2v) is 6.58. The largest absolute Gasteiger partial charge is 0.469 e. The maximum Gasteiger partial charge on any atom is 0.308 e. The molecule has 0 aliphatic carbocycles.